The number of nitrogens with one attached hydrogen (secondary N) is 2. The number of rotatable bonds is 7. The highest BCUT2D eigenvalue weighted by molar-refractivity contribution is 5.90. The minimum absolute atomic E-state index is 0.104. The molecule has 0 saturated heterocycles. The first kappa shape index (κ1) is 23.9. The Morgan fingerprint density at radius 1 is 1.03 bits per heavy atom. The van der Waals surface area contributed by atoms with Crippen LogP contribution in [0.3, 0.4) is 0 Å². The van der Waals surface area contributed by atoms with Crippen LogP contribution in [0.1, 0.15) is 44.2 Å². The van der Waals surface area contributed by atoms with E-state index in [-0.39, 0.29) is 18.9 Å². The zero-order chi connectivity index (χ0) is 24.2. The molecule has 2 amide bonds. The Hall–Kier alpha value is -3.79. The summed E-state index contributed by atoms with van der Waals surface area (Å²) in [5, 5.41) is 14.3. The fraction of sp³-hybridized carbons (Fsp3) is 0.346. The van der Waals surface area contributed by atoms with Crippen molar-refractivity contribution in [2.45, 2.75) is 45.2 Å². The molecule has 2 atom stereocenters. The highest BCUT2D eigenvalue weighted by Crippen LogP contribution is 2.44. The van der Waals surface area contributed by atoms with Gasteiger partial charge >= 0.3 is 12.1 Å². The zero-order valence-corrected chi connectivity index (χ0v) is 18.9. The second-order valence-electron chi connectivity index (χ2n) is 9.08. The number of carbonyl (C=O) groups is 3. The lowest BCUT2D eigenvalue weighted by Gasteiger charge is -2.31. The van der Waals surface area contributed by atoms with Crippen LogP contribution in [0.25, 0.3) is 11.1 Å². The quantitative estimate of drug-likeness (QED) is 0.562. The van der Waals surface area contributed by atoms with Crippen LogP contribution in [0.15, 0.2) is 48.5 Å². The summed E-state index contributed by atoms with van der Waals surface area (Å²) >= 11 is 0. The fourth-order valence-corrected chi connectivity index (χ4v) is 4.01. The van der Waals surface area contributed by atoms with Gasteiger partial charge in [-0.15, -0.1) is 12.3 Å². The molecule has 7 nitrogen and oxygen atoms in total. The number of carboxylic acid groups (broad SMARTS) is 1. The lowest BCUT2D eigenvalue weighted by atomic mass is 9.86. The first-order valence-corrected chi connectivity index (χ1v) is 10.7. The van der Waals surface area contributed by atoms with Crippen molar-refractivity contribution in [2.24, 2.45) is 5.41 Å². The van der Waals surface area contributed by atoms with Crippen LogP contribution in [0.2, 0.25) is 0 Å². The van der Waals surface area contributed by atoms with Gasteiger partial charge in [-0.25, -0.2) is 9.59 Å². The number of hydrogen-bond acceptors (Lipinski definition) is 4. The van der Waals surface area contributed by atoms with E-state index in [1.54, 1.807) is 20.8 Å². The fourth-order valence-electron chi connectivity index (χ4n) is 4.01. The summed E-state index contributed by atoms with van der Waals surface area (Å²) in [6.45, 7) is 5.39. The number of fused-ring (bicyclic) bond motifs is 3. The molecule has 1 aliphatic rings. The summed E-state index contributed by atoms with van der Waals surface area (Å²) in [6.07, 6.45) is 4.28. The molecule has 0 bridgehead atoms. The van der Waals surface area contributed by atoms with E-state index in [4.69, 9.17) is 11.2 Å². The normalized spacial score (nSPS) is 14.2. The topological polar surface area (TPSA) is 105 Å². The van der Waals surface area contributed by atoms with Gasteiger partial charge in [0, 0.05) is 12.3 Å². The molecule has 33 heavy (non-hydrogen) atoms. The van der Waals surface area contributed by atoms with E-state index < -0.39 is 35.5 Å². The Morgan fingerprint density at radius 3 is 2.06 bits per heavy atom. The Bertz CT molecular complexity index is 1050. The average molecular weight is 449 g/mol. The molecule has 3 N–H and O–H groups in total. The van der Waals surface area contributed by atoms with Gasteiger partial charge in [-0.05, 0) is 27.7 Å². The summed E-state index contributed by atoms with van der Waals surface area (Å²) in [7, 11) is 0. The minimum atomic E-state index is -1.24. The number of ether oxygens (including phenoxy) is 1. The zero-order valence-electron chi connectivity index (χ0n) is 18.9. The lowest BCUT2D eigenvalue weighted by Crippen LogP contribution is -2.56. The number of alkyl carbamates (subject to hydrolysis) is 1. The van der Waals surface area contributed by atoms with Crippen molar-refractivity contribution in [3.05, 3.63) is 59.7 Å². The molecular weight excluding hydrogens is 420 g/mol. The number of carbonyl (C=O) groups excluding carboxylic acids is 2. The molecule has 0 spiro atoms. The van der Waals surface area contributed by atoms with Gasteiger partial charge in [-0.2, -0.15) is 0 Å². The van der Waals surface area contributed by atoms with E-state index in [0.717, 1.165) is 22.3 Å². The second kappa shape index (κ2) is 9.78. The first-order chi connectivity index (χ1) is 15.6. The van der Waals surface area contributed by atoms with Crippen LogP contribution in [-0.2, 0) is 14.3 Å². The summed E-state index contributed by atoms with van der Waals surface area (Å²) in [5.41, 5.74) is 3.68. The molecule has 0 heterocycles. The molecule has 0 saturated carbocycles. The molecule has 0 aromatic heterocycles. The molecular formula is C26H28N2O5. The molecule has 1 aliphatic carbocycles. The maximum atomic E-state index is 12.8. The second-order valence-corrected chi connectivity index (χ2v) is 9.08. The summed E-state index contributed by atoms with van der Waals surface area (Å²) in [4.78, 5) is 36.8. The molecule has 0 fully saturated rings. The standard InChI is InChI=1S/C26H28N2O5/c1-5-10-21(24(30)31)27-23(29)22(26(2,3)4)28-25(32)33-15-20-18-13-8-6-11-16(18)17-12-7-9-14-19(17)20/h1,6-9,11-14,20-22H,10,15H2,2-4H3,(H,27,29)(H,28,32)(H,30,31)/t21?,22-/m1/s1. The van der Waals surface area contributed by atoms with Gasteiger partial charge in [0.05, 0.1) is 0 Å². The monoisotopic (exact) mass is 448 g/mol. The Labute approximate surface area is 193 Å². The van der Waals surface area contributed by atoms with Crippen LogP contribution in [0, 0.1) is 17.8 Å². The van der Waals surface area contributed by atoms with Crippen molar-refractivity contribution in [1.82, 2.24) is 10.6 Å². The van der Waals surface area contributed by atoms with Crippen molar-refractivity contribution >= 4 is 18.0 Å². The van der Waals surface area contributed by atoms with Gasteiger partial charge in [0.2, 0.25) is 5.91 Å². The number of benzene rings is 2. The number of carboxylic acids is 1. The van der Waals surface area contributed by atoms with Gasteiger partial charge in [-0.1, -0.05) is 69.3 Å². The van der Waals surface area contributed by atoms with Crippen LogP contribution in [0.5, 0.6) is 0 Å². The molecule has 0 aliphatic heterocycles. The number of aliphatic carboxylic acids is 1. The van der Waals surface area contributed by atoms with Crippen LogP contribution < -0.4 is 10.6 Å². The van der Waals surface area contributed by atoms with Crippen molar-refractivity contribution in [1.29, 1.82) is 0 Å². The van der Waals surface area contributed by atoms with Gasteiger partial charge < -0.3 is 20.5 Å². The third-order valence-electron chi connectivity index (χ3n) is 5.67. The van der Waals surface area contributed by atoms with E-state index in [0.29, 0.717) is 0 Å². The third-order valence-corrected chi connectivity index (χ3v) is 5.67. The largest absolute Gasteiger partial charge is 0.480 e. The van der Waals surface area contributed by atoms with E-state index in [1.165, 1.54) is 0 Å². The molecule has 7 heteroatoms. The van der Waals surface area contributed by atoms with E-state index in [2.05, 4.69) is 16.6 Å². The maximum Gasteiger partial charge on any atom is 0.407 e. The van der Waals surface area contributed by atoms with Gasteiger partial charge in [0.15, 0.2) is 0 Å². The van der Waals surface area contributed by atoms with Gasteiger partial charge in [0.1, 0.15) is 18.7 Å². The number of amides is 2. The van der Waals surface area contributed by atoms with Crippen molar-refractivity contribution in [2.75, 3.05) is 6.61 Å². The predicted molar refractivity (Wildman–Crippen MR) is 124 cm³/mol. The number of hydrogen-bond donors (Lipinski definition) is 3. The molecule has 172 valence electrons. The molecule has 2 aromatic rings. The Balaban J connectivity index is 1.70. The SMILES string of the molecule is C#CCC(NC(=O)[C@@H](NC(=O)OCC1c2ccccc2-c2ccccc21)C(C)(C)C)C(=O)O. The van der Waals surface area contributed by atoms with Gasteiger partial charge in [-0.3, -0.25) is 4.79 Å². The van der Waals surface area contributed by atoms with Crippen molar-refractivity contribution in [3.63, 3.8) is 0 Å². The smallest absolute Gasteiger partial charge is 0.407 e. The molecule has 0 radical (unpaired) electrons. The molecule has 2 aromatic carbocycles. The predicted octanol–water partition coefficient (Wildman–Crippen LogP) is 3.53. The maximum absolute atomic E-state index is 12.8. The summed E-state index contributed by atoms with van der Waals surface area (Å²) < 4.78 is 5.54. The van der Waals surface area contributed by atoms with Crippen molar-refractivity contribution < 1.29 is 24.2 Å². The van der Waals surface area contributed by atoms with Crippen molar-refractivity contribution in [3.8, 4) is 23.5 Å². The third kappa shape index (κ3) is 5.35. The number of terminal acetylenes is 1. The van der Waals surface area contributed by atoms with E-state index in [9.17, 15) is 19.5 Å². The molecule has 3 rings (SSSR count). The van der Waals surface area contributed by atoms with E-state index in [1.807, 2.05) is 48.5 Å². The Morgan fingerprint density at radius 2 is 1.58 bits per heavy atom. The molecule has 1 unspecified atom stereocenters. The van der Waals surface area contributed by atoms with Crippen LogP contribution >= 0.6 is 0 Å². The summed E-state index contributed by atoms with van der Waals surface area (Å²) in [6, 6.07) is 13.7. The highest BCUT2D eigenvalue weighted by atomic mass is 16.5. The Kier molecular flexibility index (Phi) is 7.07. The van der Waals surface area contributed by atoms with Crippen LogP contribution in [0.4, 0.5) is 4.79 Å². The van der Waals surface area contributed by atoms with E-state index >= 15 is 0 Å². The average Bonchev–Trinajstić information content (AvgIpc) is 3.08. The minimum Gasteiger partial charge on any atom is -0.480 e. The van der Waals surface area contributed by atoms with Crippen LogP contribution in [-0.4, -0.2) is 41.8 Å². The summed E-state index contributed by atoms with van der Waals surface area (Å²) in [5.74, 6) is 0.239. The highest BCUT2D eigenvalue weighted by Gasteiger charge is 2.36. The lowest BCUT2D eigenvalue weighted by molar-refractivity contribution is -0.142. The first-order valence-electron chi connectivity index (χ1n) is 10.7. The van der Waals surface area contributed by atoms with Gasteiger partial charge in [0.25, 0.3) is 0 Å².